The molecule has 0 atom stereocenters. The minimum Gasteiger partial charge on any atom is -0.493 e. The maximum absolute atomic E-state index is 5.91. The molecule has 0 amide bonds. The Morgan fingerprint density at radius 2 is 1.88 bits per heavy atom. The molecule has 96 valence electrons. The van der Waals surface area contributed by atoms with Gasteiger partial charge in [0, 0.05) is 0 Å². The summed E-state index contributed by atoms with van der Waals surface area (Å²) in [5.41, 5.74) is 6.72. The standard InChI is InChI=1S/C14H23NO2/c1-4-12(5-2)17-13-7-6-11(8-9-15)10-14(13)16-3/h6-7,10,12H,4-5,8-9,15H2,1-3H3. The average molecular weight is 237 g/mol. The lowest BCUT2D eigenvalue weighted by Gasteiger charge is -2.18. The van der Waals surface area contributed by atoms with Crippen molar-refractivity contribution in [3.05, 3.63) is 23.8 Å². The second kappa shape index (κ2) is 7.17. The van der Waals surface area contributed by atoms with Gasteiger partial charge in [0.15, 0.2) is 11.5 Å². The third kappa shape index (κ3) is 3.93. The van der Waals surface area contributed by atoms with Crippen molar-refractivity contribution in [1.82, 2.24) is 0 Å². The topological polar surface area (TPSA) is 44.5 Å². The van der Waals surface area contributed by atoms with E-state index in [-0.39, 0.29) is 6.10 Å². The Bertz CT molecular complexity index is 335. The number of methoxy groups -OCH3 is 1. The molecular formula is C14H23NO2. The van der Waals surface area contributed by atoms with Crippen molar-refractivity contribution in [2.24, 2.45) is 5.73 Å². The van der Waals surface area contributed by atoms with Crippen molar-refractivity contribution < 1.29 is 9.47 Å². The summed E-state index contributed by atoms with van der Waals surface area (Å²) in [7, 11) is 1.67. The van der Waals surface area contributed by atoms with Gasteiger partial charge in [-0.15, -0.1) is 0 Å². The van der Waals surface area contributed by atoms with Crippen LogP contribution in [0.3, 0.4) is 0 Å². The first-order valence-electron chi connectivity index (χ1n) is 6.28. The van der Waals surface area contributed by atoms with Gasteiger partial charge in [-0.3, -0.25) is 0 Å². The van der Waals surface area contributed by atoms with Gasteiger partial charge in [-0.1, -0.05) is 19.9 Å². The van der Waals surface area contributed by atoms with E-state index in [9.17, 15) is 0 Å². The zero-order valence-electron chi connectivity index (χ0n) is 11.0. The van der Waals surface area contributed by atoms with Crippen LogP contribution in [0.2, 0.25) is 0 Å². The number of benzene rings is 1. The zero-order chi connectivity index (χ0) is 12.7. The molecule has 0 unspecified atom stereocenters. The first-order chi connectivity index (χ1) is 8.24. The highest BCUT2D eigenvalue weighted by atomic mass is 16.5. The van der Waals surface area contributed by atoms with Crippen LogP contribution in [-0.2, 0) is 6.42 Å². The van der Waals surface area contributed by atoms with Gasteiger partial charge >= 0.3 is 0 Å². The molecule has 0 aromatic heterocycles. The summed E-state index contributed by atoms with van der Waals surface area (Å²) in [6, 6.07) is 6.03. The van der Waals surface area contributed by atoms with E-state index in [1.54, 1.807) is 7.11 Å². The molecule has 1 aromatic rings. The summed E-state index contributed by atoms with van der Waals surface area (Å²) in [5.74, 6) is 1.62. The maximum Gasteiger partial charge on any atom is 0.161 e. The Morgan fingerprint density at radius 3 is 2.41 bits per heavy atom. The van der Waals surface area contributed by atoms with Crippen molar-refractivity contribution in [1.29, 1.82) is 0 Å². The SMILES string of the molecule is CCC(CC)Oc1ccc(CCN)cc1OC. The van der Waals surface area contributed by atoms with Crippen molar-refractivity contribution >= 4 is 0 Å². The van der Waals surface area contributed by atoms with Gasteiger partial charge in [0.05, 0.1) is 13.2 Å². The van der Waals surface area contributed by atoms with Crippen LogP contribution in [0.15, 0.2) is 18.2 Å². The molecule has 3 heteroatoms. The molecule has 2 N–H and O–H groups in total. The Hall–Kier alpha value is -1.22. The predicted octanol–water partition coefficient (Wildman–Crippen LogP) is 2.76. The van der Waals surface area contributed by atoms with E-state index in [0.717, 1.165) is 30.8 Å². The Labute approximate surface area is 104 Å². The van der Waals surface area contributed by atoms with Crippen LogP contribution in [0.25, 0.3) is 0 Å². The second-order valence-corrected chi connectivity index (χ2v) is 4.08. The molecule has 0 saturated carbocycles. The van der Waals surface area contributed by atoms with Gasteiger partial charge < -0.3 is 15.2 Å². The predicted molar refractivity (Wildman–Crippen MR) is 70.8 cm³/mol. The van der Waals surface area contributed by atoms with E-state index < -0.39 is 0 Å². The molecule has 0 aliphatic carbocycles. The molecule has 0 heterocycles. The van der Waals surface area contributed by atoms with Crippen LogP contribution in [0.5, 0.6) is 11.5 Å². The van der Waals surface area contributed by atoms with E-state index in [1.807, 2.05) is 18.2 Å². The van der Waals surface area contributed by atoms with Gasteiger partial charge in [0.25, 0.3) is 0 Å². The molecule has 0 aliphatic heterocycles. The average Bonchev–Trinajstić information content (AvgIpc) is 2.37. The van der Waals surface area contributed by atoms with Crippen LogP contribution in [-0.4, -0.2) is 19.8 Å². The third-order valence-corrected chi connectivity index (χ3v) is 2.87. The van der Waals surface area contributed by atoms with E-state index >= 15 is 0 Å². The number of ether oxygens (including phenoxy) is 2. The molecule has 0 fully saturated rings. The van der Waals surface area contributed by atoms with Gasteiger partial charge in [-0.05, 0) is 43.5 Å². The smallest absolute Gasteiger partial charge is 0.161 e. The summed E-state index contributed by atoms with van der Waals surface area (Å²) in [4.78, 5) is 0. The van der Waals surface area contributed by atoms with Crippen molar-refractivity contribution in [2.75, 3.05) is 13.7 Å². The number of hydrogen-bond acceptors (Lipinski definition) is 3. The molecule has 0 aliphatic rings. The minimum atomic E-state index is 0.254. The number of rotatable bonds is 7. The molecule has 1 aromatic carbocycles. The molecule has 1 rings (SSSR count). The highest BCUT2D eigenvalue weighted by Crippen LogP contribution is 2.29. The lowest BCUT2D eigenvalue weighted by molar-refractivity contribution is 0.185. The Kier molecular flexibility index (Phi) is 5.84. The summed E-state index contributed by atoms with van der Waals surface area (Å²) in [6.45, 7) is 4.91. The van der Waals surface area contributed by atoms with Gasteiger partial charge in [0.2, 0.25) is 0 Å². The lowest BCUT2D eigenvalue weighted by atomic mass is 10.1. The molecular weight excluding hydrogens is 214 g/mol. The fourth-order valence-electron chi connectivity index (χ4n) is 1.77. The largest absolute Gasteiger partial charge is 0.493 e. The fourth-order valence-corrected chi connectivity index (χ4v) is 1.77. The molecule has 0 radical (unpaired) electrons. The van der Waals surface area contributed by atoms with Crippen molar-refractivity contribution in [2.45, 2.75) is 39.2 Å². The van der Waals surface area contributed by atoms with Crippen LogP contribution < -0.4 is 15.2 Å². The van der Waals surface area contributed by atoms with E-state index in [4.69, 9.17) is 15.2 Å². The molecule has 0 saturated heterocycles. The van der Waals surface area contributed by atoms with E-state index in [2.05, 4.69) is 13.8 Å². The highest BCUT2D eigenvalue weighted by Gasteiger charge is 2.10. The Morgan fingerprint density at radius 1 is 1.18 bits per heavy atom. The minimum absolute atomic E-state index is 0.254. The lowest BCUT2D eigenvalue weighted by Crippen LogP contribution is -2.14. The third-order valence-electron chi connectivity index (χ3n) is 2.87. The van der Waals surface area contributed by atoms with Gasteiger partial charge in [-0.2, -0.15) is 0 Å². The van der Waals surface area contributed by atoms with E-state index in [0.29, 0.717) is 6.54 Å². The number of nitrogens with two attached hydrogens (primary N) is 1. The van der Waals surface area contributed by atoms with E-state index in [1.165, 1.54) is 5.56 Å². The first kappa shape index (κ1) is 13.8. The summed E-state index contributed by atoms with van der Waals surface area (Å²) < 4.78 is 11.3. The molecule has 0 spiro atoms. The second-order valence-electron chi connectivity index (χ2n) is 4.08. The van der Waals surface area contributed by atoms with Crippen LogP contribution in [0.4, 0.5) is 0 Å². The normalized spacial score (nSPS) is 10.6. The summed E-state index contributed by atoms with van der Waals surface area (Å²) in [6.07, 6.45) is 3.13. The Balaban J connectivity index is 2.84. The fraction of sp³-hybridized carbons (Fsp3) is 0.571. The quantitative estimate of drug-likeness (QED) is 0.793. The summed E-state index contributed by atoms with van der Waals surface area (Å²) in [5, 5.41) is 0. The number of hydrogen-bond donors (Lipinski definition) is 1. The van der Waals surface area contributed by atoms with Gasteiger partial charge in [-0.25, -0.2) is 0 Å². The first-order valence-corrected chi connectivity index (χ1v) is 6.28. The molecule has 0 bridgehead atoms. The van der Waals surface area contributed by atoms with Crippen molar-refractivity contribution in [3.63, 3.8) is 0 Å². The maximum atomic E-state index is 5.91. The molecule has 3 nitrogen and oxygen atoms in total. The summed E-state index contributed by atoms with van der Waals surface area (Å²) >= 11 is 0. The van der Waals surface area contributed by atoms with Gasteiger partial charge in [0.1, 0.15) is 0 Å². The monoisotopic (exact) mass is 237 g/mol. The molecule has 17 heavy (non-hydrogen) atoms. The highest BCUT2D eigenvalue weighted by molar-refractivity contribution is 5.43. The van der Waals surface area contributed by atoms with Crippen LogP contribution >= 0.6 is 0 Å². The van der Waals surface area contributed by atoms with Crippen LogP contribution in [0.1, 0.15) is 32.3 Å². The zero-order valence-corrected chi connectivity index (χ0v) is 11.0. The van der Waals surface area contributed by atoms with Crippen LogP contribution in [0, 0.1) is 0 Å². The van der Waals surface area contributed by atoms with Crippen molar-refractivity contribution in [3.8, 4) is 11.5 Å².